The van der Waals surface area contributed by atoms with E-state index < -0.39 is 0 Å². The second kappa shape index (κ2) is 3.27. The molecule has 1 aliphatic heterocycles. The van der Waals surface area contributed by atoms with Gasteiger partial charge in [-0.05, 0) is 29.3 Å². The highest BCUT2D eigenvalue weighted by Gasteiger charge is 2.20. The minimum absolute atomic E-state index is 0.501. The maximum absolute atomic E-state index is 4.30. The van der Waals surface area contributed by atoms with Crippen molar-refractivity contribution in [1.29, 1.82) is 0 Å². The molecule has 0 spiro atoms. The molecule has 1 unspecified atom stereocenters. The third-order valence-electron chi connectivity index (χ3n) is 2.17. The lowest BCUT2D eigenvalue weighted by Gasteiger charge is -2.20. The fraction of sp³-hybridized carbons (Fsp3) is 0.444. The van der Waals surface area contributed by atoms with E-state index in [4.69, 9.17) is 0 Å². The lowest BCUT2D eigenvalue weighted by molar-refractivity contribution is 0.247. The van der Waals surface area contributed by atoms with Crippen LogP contribution < -0.4 is 0 Å². The van der Waals surface area contributed by atoms with Gasteiger partial charge in [-0.3, -0.25) is 5.01 Å². The third-order valence-corrected chi connectivity index (χ3v) is 2.87. The number of hydrogen-bond acceptors (Lipinski definition) is 3. The van der Waals surface area contributed by atoms with E-state index in [2.05, 4.69) is 33.9 Å². The number of hydrazone groups is 1. The molecule has 3 heteroatoms. The van der Waals surface area contributed by atoms with Gasteiger partial charge in [0.15, 0.2) is 0 Å². The van der Waals surface area contributed by atoms with Crippen molar-refractivity contribution in [3.63, 3.8) is 0 Å². The van der Waals surface area contributed by atoms with Gasteiger partial charge in [0.05, 0.1) is 6.04 Å². The predicted octanol–water partition coefficient (Wildman–Crippen LogP) is 2.50. The normalized spacial score (nSPS) is 22.1. The summed E-state index contributed by atoms with van der Waals surface area (Å²) in [4.78, 5) is 0. The Bertz CT molecular complexity index is 266. The van der Waals surface area contributed by atoms with Gasteiger partial charge in [0.2, 0.25) is 0 Å². The van der Waals surface area contributed by atoms with Crippen molar-refractivity contribution in [3.05, 3.63) is 22.4 Å². The van der Waals surface area contributed by atoms with E-state index in [0.29, 0.717) is 6.04 Å². The van der Waals surface area contributed by atoms with Crippen LogP contribution in [-0.2, 0) is 0 Å². The van der Waals surface area contributed by atoms with Crippen LogP contribution in [0.5, 0.6) is 0 Å². The van der Waals surface area contributed by atoms with Gasteiger partial charge in [-0.1, -0.05) is 0 Å². The first-order chi connectivity index (χ1) is 5.92. The summed E-state index contributed by atoms with van der Waals surface area (Å²) in [6.07, 6.45) is 3.07. The van der Waals surface area contributed by atoms with Crippen LogP contribution >= 0.6 is 11.3 Å². The van der Waals surface area contributed by atoms with E-state index >= 15 is 0 Å². The number of rotatable bonds is 2. The Balaban J connectivity index is 2.15. The quantitative estimate of drug-likeness (QED) is 0.682. The van der Waals surface area contributed by atoms with Crippen LogP contribution in [0.3, 0.4) is 0 Å². The van der Waals surface area contributed by atoms with Crippen molar-refractivity contribution in [2.24, 2.45) is 5.10 Å². The summed E-state index contributed by atoms with van der Waals surface area (Å²) in [5.74, 6) is 0. The Morgan fingerprint density at radius 2 is 2.67 bits per heavy atom. The Morgan fingerprint density at radius 3 is 3.33 bits per heavy atom. The molecule has 1 atom stereocenters. The molecule has 0 fully saturated rings. The van der Waals surface area contributed by atoms with Crippen LogP contribution in [0, 0.1) is 0 Å². The molecule has 12 heavy (non-hydrogen) atoms. The molecule has 2 nitrogen and oxygen atoms in total. The fourth-order valence-corrected chi connectivity index (χ4v) is 2.24. The summed E-state index contributed by atoms with van der Waals surface area (Å²) in [5.41, 5.74) is 1.40. The summed E-state index contributed by atoms with van der Waals surface area (Å²) in [6, 6.07) is 2.69. The van der Waals surface area contributed by atoms with Gasteiger partial charge in [0.1, 0.15) is 0 Å². The second-order valence-corrected chi connectivity index (χ2v) is 3.64. The molecule has 2 heterocycles. The zero-order chi connectivity index (χ0) is 8.39. The lowest BCUT2D eigenvalue weighted by atomic mass is 10.1. The van der Waals surface area contributed by atoms with Gasteiger partial charge in [-0.25, -0.2) is 0 Å². The molecule has 0 amide bonds. The van der Waals surface area contributed by atoms with E-state index in [-0.39, 0.29) is 0 Å². The fourth-order valence-electron chi connectivity index (χ4n) is 1.53. The van der Waals surface area contributed by atoms with Gasteiger partial charge < -0.3 is 0 Å². The predicted molar refractivity (Wildman–Crippen MR) is 52.5 cm³/mol. The highest BCUT2D eigenvalue weighted by molar-refractivity contribution is 7.07. The molecule has 0 N–H and O–H groups in total. The van der Waals surface area contributed by atoms with Crippen LogP contribution in [0.25, 0.3) is 0 Å². The third kappa shape index (κ3) is 1.25. The average molecular weight is 180 g/mol. The van der Waals surface area contributed by atoms with Gasteiger partial charge in [-0.15, -0.1) is 0 Å². The standard InChI is InChI=1S/C9H12N2S/c1-2-11-9(3-5-10-11)8-4-6-12-7-8/h4-7,9H,2-3H2,1H3. The lowest BCUT2D eigenvalue weighted by Crippen LogP contribution is -2.18. The van der Waals surface area contributed by atoms with Crippen molar-refractivity contribution < 1.29 is 0 Å². The molecular formula is C9H12N2S. The van der Waals surface area contributed by atoms with Crippen molar-refractivity contribution in [2.45, 2.75) is 19.4 Å². The zero-order valence-corrected chi connectivity index (χ0v) is 7.92. The van der Waals surface area contributed by atoms with Crippen LogP contribution in [0.2, 0.25) is 0 Å². The summed E-state index contributed by atoms with van der Waals surface area (Å²) >= 11 is 1.76. The van der Waals surface area contributed by atoms with E-state index in [1.165, 1.54) is 5.56 Å². The summed E-state index contributed by atoms with van der Waals surface area (Å²) in [6.45, 7) is 3.14. The van der Waals surface area contributed by atoms with Gasteiger partial charge in [0.25, 0.3) is 0 Å². The van der Waals surface area contributed by atoms with Gasteiger partial charge in [-0.2, -0.15) is 16.4 Å². The van der Waals surface area contributed by atoms with Crippen molar-refractivity contribution in [1.82, 2.24) is 5.01 Å². The Labute approximate surface area is 76.5 Å². The monoisotopic (exact) mass is 180 g/mol. The SMILES string of the molecule is CCN1N=CCC1c1ccsc1. The topological polar surface area (TPSA) is 15.6 Å². The summed E-state index contributed by atoms with van der Waals surface area (Å²) in [7, 11) is 0. The summed E-state index contributed by atoms with van der Waals surface area (Å²) < 4.78 is 0. The number of hydrogen-bond donors (Lipinski definition) is 0. The molecule has 0 bridgehead atoms. The summed E-state index contributed by atoms with van der Waals surface area (Å²) in [5, 5.41) is 10.8. The highest BCUT2D eigenvalue weighted by Crippen LogP contribution is 2.28. The molecule has 0 saturated heterocycles. The first-order valence-electron chi connectivity index (χ1n) is 4.23. The molecule has 0 radical (unpaired) electrons. The van der Waals surface area contributed by atoms with E-state index in [9.17, 15) is 0 Å². The van der Waals surface area contributed by atoms with Crippen LogP contribution in [-0.4, -0.2) is 17.8 Å². The maximum Gasteiger partial charge on any atom is 0.0777 e. The molecule has 1 aliphatic rings. The molecule has 64 valence electrons. The van der Waals surface area contributed by atoms with Crippen molar-refractivity contribution >= 4 is 17.6 Å². The average Bonchev–Trinajstić information content (AvgIpc) is 2.74. The van der Waals surface area contributed by atoms with Crippen LogP contribution in [0.1, 0.15) is 24.9 Å². The van der Waals surface area contributed by atoms with E-state index in [1.54, 1.807) is 11.3 Å². The maximum atomic E-state index is 4.30. The van der Waals surface area contributed by atoms with E-state index in [0.717, 1.165) is 13.0 Å². The first-order valence-corrected chi connectivity index (χ1v) is 5.17. The smallest absolute Gasteiger partial charge is 0.0777 e. The van der Waals surface area contributed by atoms with Crippen LogP contribution in [0.4, 0.5) is 0 Å². The minimum Gasteiger partial charge on any atom is -0.290 e. The van der Waals surface area contributed by atoms with Crippen molar-refractivity contribution in [3.8, 4) is 0 Å². The Hall–Kier alpha value is -0.830. The second-order valence-electron chi connectivity index (χ2n) is 2.86. The zero-order valence-electron chi connectivity index (χ0n) is 7.10. The largest absolute Gasteiger partial charge is 0.290 e. The molecule has 2 rings (SSSR count). The molecular weight excluding hydrogens is 168 g/mol. The molecule has 0 aliphatic carbocycles. The highest BCUT2D eigenvalue weighted by atomic mass is 32.1. The Morgan fingerprint density at radius 1 is 1.75 bits per heavy atom. The van der Waals surface area contributed by atoms with Crippen molar-refractivity contribution in [2.75, 3.05) is 6.54 Å². The number of nitrogens with zero attached hydrogens (tertiary/aromatic N) is 2. The molecule has 0 aromatic carbocycles. The van der Waals surface area contributed by atoms with E-state index in [1.807, 2.05) is 6.21 Å². The molecule has 1 aromatic heterocycles. The van der Waals surface area contributed by atoms with Gasteiger partial charge >= 0.3 is 0 Å². The Kier molecular flexibility index (Phi) is 2.13. The number of thiophene rings is 1. The molecule has 1 aromatic rings. The molecule has 0 saturated carbocycles. The van der Waals surface area contributed by atoms with Gasteiger partial charge in [0, 0.05) is 19.2 Å². The van der Waals surface area contributed by atoms with Crippen LogP contribution in [0.15, 0.2) is 21.9 Å². The minimum atomic E-state index is 0.501. The first kappa shape index (κ1) is 7.80.